The van der Waals surface area contributed by atoms with Crippen LogP contribution in [0.2, 0.25) is 0 Å². The molecule has 22 heavy (non-hydrogen) atoms. The second-order valence-electron chi connectivity index (χ2n) is 5.45. The summed E-state index contributed by atoms with van der Waals surface area (Å²) in [6, 6.07) is 16.6. The fourth-order valence-corrected chi connectivity index (χ4v) is 3.34. The number of thioether (sulfide) groups is 1. The van der Waals surface area contributed by atoms with Gasteiger partial charge >= 0.3 is 0 Å². The van der Waals surface area contributed by atoms with Crippen LogP contribution in [-0.2, 0) is 4.79 Å². The van der Waals surface area contributed by atoms with Crippen molar-refractivity contribution in [2.75, 3.05) is 12.3 Å². The third-order valence-electron chi connectivity index (χ3n) is 3.84. The number of nitrogens with one attached hydrogen (secondary N) is 1. The average Bonchev–Trinajstić information content (AvgIpc) is 3.34. The Bertz CT molecular complexity index is 629. The molecule has 1 amide bonds. The first-order valence-electron chi connectivity index (χ1n) is 7.45. The van der Waals surface area contributed by atoms with Gasteiger partial charge in [0.25, 0.3) is 0 Å². The standard InChI is InChI=1S/C18H18FNOS/c19-14-8-6-13(7-9-14)16-12-17(16)18(21)20-10-11-22-15-4-2-1-3-5-15/h1-9,16-17H,10-12H2,(H,20,21). The molecule has 1 aliphatic carbocycles. The molecule has 0 saturated heterocycles. The minimum absolute atomic E-state index is 0.0483. The molecule has 0 aromatic heterocycles. The number of carbonyl (C=O) groups is 1. The first-order valence-corrected chi connectivity index (χ1v) is 8.43. The van der Waals surface area contributed by atoms with Crippen LogP contribution < -0.4 is 5.32 Å². The minimum atomic E-state index is -0.233. The number of carbonyl (C=O) groups excluding carboxylic acids is 1. The van der Waals surface area contributed by atoms with Gasteiger partial charge in [0, 0.05) is 23.1 Å². The molecule has 2 atom stereocenters. The zero-order valence-corrected chi connectivity index (χ0v) is 13.0. The highest BCUT2D eigenvalue weighted by Gasteiger charge is 2.43. The van der Waals surface area contributed by atoms with Crippen molar-refractivity contribution in [1.29, 1.82) is 0 Å². The summed E-state index contributed by atoms with van der Waals surface area (Å²) < 4.78 is 12.9. The van der Waals surface area contributed by atoms with Crippen LogP contribution in [0.5, 0.6) is 0 Å². The molecular weight excluding hydrogens is 297 g/mol. The van der Waals surface area contributed by atoms with Crippen LogP contribution in [0.15, 0.2) is 59.5 Å². The van der Waals surface area contributed by atoms with E-state index in [9.17, 15) is 9.18 Å². The lowest BCUT2D eigenvalue weighted by Gasteiger charge is -2.05. The maximum atomic E-state index is 12.9. The summed E-state index contributed by atoms with van der Waals surface area (Å²) in [5.74, 6) is 1.05. The van der Waals surface area contributed by atoms with Gasteiger partial charge in [-0.3, -0.25) is 4.79 Å². The first kappa shape index (κ1) is 15.1. The van der Waals surface area contributed by atoms with Gasteiger partial charge in [-0.05, 0) is 42.2 Å². The van der Waals surface area contributed by atoms with Crippen molar-refractivity contribution >= 4 is 17.7 Å². The predicted molar refractivity (Wildman–Crippen MR) is 87.4 cm³/mol. The Morgan fingerprint density at radius 2 is 1.86 bits per heavy atom. The van der Waals surface area contributed by atoms with Crippen molar-refractivity contribution in [2.24, 2.45) is 5.92 Å². The summed E-state index contributed by atoms with van der Waals surface area (Å²) in [7, 11) is 0. The zero-order chi connectivity index (χ0) is 15.4. The van der Waals surface area contributed by atoms with Gasteiger partial charge in [-0.25, -0.2) is 4.39 Å². The molecule has 1 N–H and O–H groups in total. The number of rotatable bonds is 6. The van der Waals surface area contributed by atoms with Crippen LogP contribution >= 0.6 is 11.8 Å². The van der Waals surface area contributed by atoms with E-state index in [1.807, 2.05) is 18.2 Å². The minimum Gasteiger partial charge on any atom is -0.355 e. The zero-order valence-electron chi connectivity index (χ0n) is 12.2. The second kappa shape index (κ2) is 6.97. The molecule has 3 rings (SSSR count). The molecule has 1 aliphatic rings. The summed E-state index contributed by atoms with van der Waals surface area (Å²) in [4.78, 5) is 13.3. The molecule has 0 spiro atoms. The van der Waals surface area contributed by atoms with Gasteiger partial charge in [0.15, 0.2) is 0 Å². The lowest BCUT2D eigenvalue weighted by Crippen LogP contribution is -2.27. The van der Waals surface area contributed by atoms with Crippen molar-refractivity contribution in [3.63, 3.8) is 0 Å². The molecule has 0 heterocycles. The van der Waals surface area contributed by atoms with Gasteiger partial charge in [0.05, 0.1) is 0 Å². The number of benzene rings is 2. The van der Waals surface area contributed by atoms with Gasteiger partial charge in [0.1, 0.15) is 5.82 Å². The van der Waals surface area contributed by atoms with Crippen molar-refractivity contribution in [2.45, 2.75) is 17.2 Å². The lowest BCUT2D eigenvalue weighted by atomic mass is 10.1. The maximum Gasteiger partial charge on any atom is 0.223 e. The average molecular weight is 315 g/mol. The molecule has 0 aliphatic heterocycles. The van der Waals surface area contributed by atoms with Crippen molar-refractivity contribution in [3.8, 4) is 0 Å². The summed E-state index contributed by atoms with van der Waals surface area (Å²) in [5, 5.41) is 2.99. The van der Waals surface area contributed by atoms with Crippen LogP contribution in [0.25, 0.3) is 0 Å². The van der Waals surface area contributed by atoms with Crippen LogP contribution in [0.4, 0.5) is 4.39 Å². The summed E-state index contributed by atoms with van der Waals surface area (Å²) in [6.07, 6.45) is 0.864. The molecule has 1 fully saturated rings. The van der Waals surface area contributed by atoms with E-state index in [1.165, 1.54) is 17.0 Å². The van der Waals surface area contributed by atoms with Crippen LogP contribution in [0, 0.1) is 11.7 Å². The van der Waals surface area contributed by atoms with E-state index >= 15 is 0 Å². The van der Waals surface area contributed by atoms with E-state index < -0.39 is 0 Å². The molecular formula is C18H18FNOS. The Kier molecular flexibility index (Phi) is 4.78. The third-order valence-corrected chi connectivity index (χ3v) is 4.85. The number of hydrogen-bond donors (Lipinski definition) is 1. The molecule has 2 aromatic carbocycles. The molecule has 2 unspecified atom stereocenters. The van der Waals surface area contributed by atoms with Crippen LogP contribution in [0.1, 0.15) is 17.9 Å². The van der Waals surface area contributed by atoms with Crippen molar-refractivity contribution < 1.29 is 9.18 Å². The number of hydrogen-bond acceptors (Lipinski definition) is 2. The summed E-state index contributed by atoms with van der Waals surface area (Å²) in [6.45, 7) is 0.672. The molecule has 0 radical (unpaired) electrons. The normalized spacial score (nSPS) is 19.7. The van der Waals surface area contributed by atoms with E-state index in [0.29, 0.717) is 6.54 Å². The van der Waals surface area contributed by atoms with Gasteiger partial charge < -0.3 is 5.32 Å². The highest BCUT2D eigenvalue weighted by atomic mass is 32.2. The van der Waals surface area contributed by atoms with Gasteiger partial charge in [-0.1, -0.05) is 30.3 Å². The quantitative estimate of drug-likeness (QED) is 0.648. The smallest absolute Gasteiger partial charge is 0.223 e. The van der Waals surface area contributed by atoms with E-state index in [1.54, 1.807) is 23.9 Å². The molecule has 2 aromatic rings. The monoisotopic (exact) mass is 315 g/mol. The Hall–Kier alpha value is -1.81. The number of halogens is 1. The largest absolute Gasteiger partial charge is 0.355 e. The predicted octanol–water partition coefficient (Wildman–Crippen LogP) is 3.84. The fourth-order valence-electron chi connectivity index (χ4n) is 2.55. The van der Waals surface area contributed by atoms with Crippen molar-refractivity contribution in [3.05, 3.63) is 66.0 Å². The maximum absolute atomic E-state index is 12.9. The van der Waals surface area contributed by atoms with E-state index in [-0.39, 0.29) is 23.6 Å². The van der Waals surface area contributed by atoms with E-state index in [0.717, 1.165) is 17.7 Å². The molecule has 114 valence electrons. The summed E-state index contributed by atoms with van der Waals surface area (Å²) >= 11 is 1.74. The Balaban J connectivity index is 1.39. The topological polar surface area (TPSA) is 29.1 Å². The highest BCUT2D eigenvalue weighted by molar-refractivity contribution is 7.99. The fraction of sp³-hybridized carbons (Fsp3) is 0.278. The SMILES string of the molecule is O=C(NCCSc1ccccc1)C1CC1c1ccc(F)cc1. The highest BCUT2D eigenvalue weighted by Crippen LogP contribution is 2.47. The molecule has 0 bridgehead atoms. The van der Waals surface area contributed by atoms with Crippen molar-refractivity contribution in [1.82, 2.24) is 5.32 Å². The Morgan fingerprint density at radius 3 is 2.59 bits per heavy atom. The van der Waals surface area contributed by atoms with Crippen LogP contribution in [0.3, 0.4) is 0 Å². The Morgan fingerprint density at radius 1 is 1.14 bits per heavy atom. The number of amides is 1. The van der Waals surface area contributed by atoms with Gasteiger partial charge in [-0.15, -0.1) is 11.8 Å². The molecule has 4 heteroatoms. The Labute approximate surface area is 134 Å². The molecule has 1 saturated carbocycles. The molecule has 2 nitrogen and oxygen atoms in total. The van der Waals surface area contributed by atoms with Crippen LogP contribution in [-0.4, -0.2) is 18.2 Å². The van der Waals surface area contributed by atoms with E-state index in [4.69, 9.17) is 0 Å². The van der Waals surface area contributed by atoms with Gasteiger partial charge in [0.2, 0.25) is 5.91 Å². The summed E-state index contributed by atoms with van der Waals surface area (Å²) in [5.41, 5.74) is 1.06. The van der Waals surface area contributed by atoms with Gasteiger partial charge in [-0.2, -0.15) is 0 Å². The first-order chi connectivity index (χ1) is 10.7. The third kappa shape index (κ3) is 3.89. The van der Waals surface area contributed by atoms with E-state index in [2.05, 4.69) is 17.4 Å². The second-order valence-corrected chi connectivity index (χ2v) is 6.62. The lowest BCUT2D eigenvalue weighted by molar-refractivity contribution is -0.122.